The predicted molar refractivity (Wildman–Crippen MR) is 83.2 cm³/mol. The Bertz CT molecular complexity index is 845. The lowest BCUT2D eigenvalue weighted by Crippen LogP contribution is -2.33. The zero-order chi connectivity index (χ0) is 18.4. The molecular weight excluding hydrogens is 332 g/mol. The molecule has 1 aliphatic carbocycles. The molecule has 1 saturated carbocycles. The van der Waals surface area contributed by atoms with Crippen LogP contribution in [0.5, 0.6) is 0 Å². The van der Waals surface area contributed by atoms with Gasteiger partial charge in [-0.15, -0.1) is 0 Å². The summed E-state index contributed by atoms with van der Waals surface area (Å²) in [5.41, 5.74) is -0.453. The number of nitrogens with zero attached hydrogens (tertiary/aromatic N) is 2. The minimum atomic E-state index is -0.772. The van der Waals surface area contributed by atoms with Gasteiger partial charge in [0.25, 0.3) is 0 Å². The molecule has 0 aromatic heterocycles. The highest BCUT2D eigenvalue weighted by atomic mass is 19.1. The summed E-state index contributed by atoms with van der Waals surface area (Å²) >= 11 is 0. The molecule has 1 fully saturated rings. The number of halogens is 4. The first kappa shape index (κ1) is 18.5. The Balaban J connectivity index is 0.000000186. The molecule has 0 bridgehead atoms. The highest BCUT2D eigenvalue weighted by Crippen LogP contribution is 2.44. The molecule has 128 valence electrons. The summed E-state index contributed by atoms with van der Waals surface area (Å²) in [4.78, 5) is 0. The molecule has 2 nitrogen and oxygen atoms in total. The number of rotatable bonds is 2. The van der Waals surface area contributed by atoms with E-state index in [9.17, 15) is 17.6 Å². The Morgan fingerprint density at radius 2 is 1.48 bits per heavy atom. The van der Waals surface area contributed by atoms with Gasteiger partial charge in [-0.25, -0.2) is 17.6 Å². The molecule has 3 rings (SSSR count). The van der Waals surface area contributed by atoms with E-state index in [4.69, 9.17) is 10.5 Å². The quantitative estimate of drug-likeness (QED) is 0.723. The van der Waals surface area contributed by atoms with Crippen molar-refractivity contribution in [3.63, 3.8) is 0 Å². The van der Waals surface area contributed by atoms with Crippen molar-refractivity contribution in [1.82, 2.24) is 0 Å². The summed E-state index contributed by atoms with van der Waals surface area (Å²) < 4.78 is 51.3. The topological polar surface area (TPSA) is 47.6 Å². The molecule has 1 aliphatic rings. The van der Waals surface area contributed by atoms with Gasteiger partial charge in [0, 0.05) is 11.1 Å². The normalized spacial score (nSPS) is 14.3. The lowest BCUT2D eigenvalue weighted by Gasteiger charge is -2.35. The van der Waals surface area contributed by atoms with Crippen LogP contribution in [0.15, 0.2) is 36.4 Å². The highest BCUT2D eigenvalue weighted by Gasteiger charge is 2.41. The molecule has 0 atom stereocenters. The number of hydrogen-bond donors (Lipinski definition) is 0. The second-order valence-electron chi connectivity index (χ2n) is 5.74. The third-order valence-corrected chi connectivity index (χ3v) is 4.14. The van der Waals surface area contributed by atoms with Gasteiger partial charge in [0.05, 0.1) is 24.0 Å². The van der Waals surface area contributed by atoms with Crippen LogP contribution in [0.3, 0.4) is 0 Å². The van der Waals surface area contributed by atoms with Crippen molar-refractivity contribution in [2.45, 2.75) is 31.1 Å². The van der Waals surface area contributed by atoms with Crippen LogP contribution in [0.25, 0.3) is 0 Å². The largest absolute Gasteiger partial charge is 0.207 e. The van der Waals surface area contributed by atoms with E-state index in [2.05, 4.69) is 6.07 Å². The van der Waals surface area contributed by atoms with Crippen molar-refractivity contribution in [3.05, 3.63) is 70.8 Å². The van der Waals surface area contributed by atoms with Crippen LogP contribution < -0.4 is 0 Å². The monoisotopic (exact) mass is 346 g/mol. The summed E-state index contributed by atoms with van der Waals surface area (Å²) in [5, 5.41) is 17.2. The van der Waals surface area contributed by atoms with Crippen LogP contribution in [-0.4, -0.2) is 0 Å². The summed E-state index contributed by atoms with van der Waals surface area (Å²) in [6.45, 7) is 0. The van der Waals surface area contributed by atoms with E-state index in [1.165, 1.54) is 0 Å². The van der Waals surface area contributed by atoms with Gasteiger partial charge in [0.1, 0.15) is 23.3 Å². The maximum Gasteiger partial charge on any atom is 0.128 e. The first-order valence-corrected chi connectivity index (χ1v) is 7.59. The molecule has 0 radical (unpaired) electrons. The van der Waals surface area contributed by atoms with Gasteiger partial charge in [0.2, 0.25) is 0 Å². The molecular formula is C19H14F4N2. The fourth-order valence-corrected chi connectivity index (χ4v) is 2.60. The molecule has 0 N–H and O–H groups in total. The molecule has 25 heavy (non-hydrogen) atoms. The van der Waals surface area contributed by atoms with Crippen LogP contribution >= 0.6 is 0 Å². The molecule has 0 aliphatic heterocycles. The van der Waals surface area contributed by atoms with E-state index in [1.54, 1.807) is 6.07 Å². The lowest BCUT2D eigenvalue weighted by atomic mass is 9.65. The van der Waals surface area contributed by atoms with E-state index in [0.29, 0.717) is 12.8 Å². The van der Waals surface area contributed by atoms with Crippen LogP contribution in [0.1, 0.15) is 30.4 Å². The first-order chi connectivity index (χ1) is 11.9. The van der Waals surface area contributed by atoms with Crippen molar-refractivity contribution in [2.24, 2.45) is 0 Å². The third-order valence-electron chi connectivity index (χ3n) is 4.14. The molecule has 2 aromatic carbocycles. The van der Waals surface area contributed by atoms with Gasteiger partial charge in [-0.3, -0.25) is 0 Å². The molecule has 0 saturated heterocycles. The summed E-state index contributed by atoms with van der Waals surface area (Å²) in [5.74, 6) is -2.01. The average Bonchev–Trinajstić information content (AvgIpc) is 2.55. The van der Waals surface area contributed by atoms with E-state index in [0.717, 1.165) is 42.8 Å². The fraction of sp³-hybridized carbons (Fsp3) is 0.263. The molecule has 0 spiro atoms. The van der Waals surface area contributed by atoms with Gasteiger partial charge < -0.3 is 0 Å². The standard InChI is InChI=1S/C11H9F2N.C8H5F2N/c12-8-2-3-10(13)9(6-8)11(7-14)4-1-5-11;9-7-1-2-8(10)6(5-7)3-4-11/h2-3,6H,1,4-5H2;1-2,5H,3H2. The average molecular weight is 346 g/mol. The molecule has 2 aromatic rings. The molecule has 0 heterocycles. The maximum absolute atomic E-state index is 13.4. The van der Waals surface area contributed by atoms with Crippen molar-refractivity contribution in [1.29, 1.82) is 10.5 Å². The second-order valence-corrected chi connectivity index (χ2v) is 5.74. The third kappa shape index (κ3) is 4.16. The van der Waals surface area contributed by atoms with Crippen LogP contribution in [0, 0.1) is 45.9 Å². The van der Waals surface area contributed by atoms with Crippen molar-refractivity contribution < 1.29 is 17.6 Å². The number of hydrogen-bond acceptors (Lipinski definition) is 2. The predicted octanol–water partition coefficient (Wildman–Crippen LogP) is 4.94. The van der Waals surface area contributed by atoms with Gasteiger partial charge in [-0.05, 0) is 55.7 Å². The first-order valence-electron chi connectivity index (χ1n) is 7.59. The van der Waals surface area contributed by atoms with E-state index >= 15 is 0 Å². The Labute approximate surface area is 142 Å². The zero-order valence-corrected chi connectivity index (χ0v) is 13.2. The van der Waals surface area contributed by atoms with Crippen molar-refractivity contribution in [3.8, 4) is 12.1 Å². The fourth-order valence-electron chi connectivity index (χ4n) is 2.60. The minimum absolute atomic E-state index is 0.0937. The van der Waals surface area contributed by atoms with Crippen molar-refractivity contribution in [2.75, 3.05) is 0 Å². The lowest BCUT2D eigenvalue weighted by molar-refractivity contribution is 0.312. The smallest absolute Gasteiger partial charge is 0.128 e. The zero-order valence-electron chi connectivity index (χ0n) is 13.2. The van der Waals surface area contributed by atoms with E-state index in [-0.39, 0.29) is 17.5 Å². The van der Waals surface area contributed by atoms with Crippen molar-refractivity contribution >= 4 is 0 Å². The van der Waals surface area contributed by atoms with Crippen LogP contribution in [-0.2, 0) is 11.8 Å². The Morgan fingerprint density at radius 1 is 0.880 bits per heavy atom. The van der Waals surface area contributed by atoms with E-state index in [1.807, 2.05) is 0 Å². The van der Waals surface area contributed by atoms with Gasteiger partial charge >= 0.3 is 0 Å². The van der Waals surface area contributed by atoms with Gasteiger partial charge in [0.15, 0.2) is 0 Å². The van der Waals surface area contributed by atoms with Gasteiger partial charge in [-0.2, -0.15) is 10.5 Å². The minimum Gasteiger partial charge on any atom is -0.207 e. The Kier molecular flexibility index (Phi) is 5.77. The van der Waals surface area contributed by atoms with E-state index < -0.39 is 28.7 Å². The summed E-state index contributed by atoms with van der Waals surface area (Å²) in [7, 11) is 0. The van der Waals surface area contributed by atoms with Crippen LogP contribution in [0.4, 0.5) is 17.6 Å². The SMILES string of the molecule is N#CC1(c2cc(F)ccc2F)CCC1.N#CCc1cc(F)ccc1F. The molecule has 0 unspecified atom stereocenters. The summed E-state index contributed by atoms with van der Waals surface area (Å²) in [6, 6.07) is 10.2. The van der Waals surface area contributed by atoms with Crippen LogP contribution in [0.2, 0.25) is 0 Å². The molecule has 6 heteroatoms. The highest BCUT2D eigenvalue weighted by molar-refractivity contribution is 5.36. The maximum atomic E-state index is 13.4. The second kappa shape index (κ2) is 7.81. The number of benzene rings is 2. The Hall–Kier alpha value is -2.86. The summed E-state index contributed by atoms with van der Waals surface area (Å²) in [6.07, 6.45) is 2.07. The Morgan fingerprint density at radius 3 is 2.00 bits per heavy atom. The number of nitriles is 2. The van der Waals surface area contributed by atoms with Gasteiger partial charge in [-0.1, -0.05) is 0 Å². The molecule has 0 amide bonds.